The van der Waals surface area contributed by atoms with Crippen molar-refractivity contribution in [3.05, 3.63) is 29.8 Å². The van der Waals surface area contributed by atoms with Gasteiger partial charge in [-0.05, 0) is 50.3 Å². The molecule has 1 aliphatic carbocycles. The van der Waals surface area contributed by atoms with E-state index in [4.69, 9.17) is 5.73 Å². The Bertz CT molecular complexity index is 622. The maximum Gasteiger partial charge on any atom is 0.227 e. The Labute approximate surface area is 155 Å². The summed E-state index contributed by atoms with van der Waals surface area (Å²) in [7, 11) is 0. The molecule has 1 saturated carbocycles. The number of amides is 2. The molecule has 1 aromatic rings. The number of halogens is 1. The summed E-state index contributed by atoms with van der Waals surface area (Å²) in [4.78, 5) is 26.2. The monoisotopic (exact) mass is 365 g/mol. The van der Waals surface area contributed by atoms with Gasteiger partial charge in [-0.1, -0.05) is 18.6 Å². The van der Waals surface area contributed by atoms with Crippen molar-refractivity contribution in [2.24, 2.45) is 11.7 Å². The van der Waals surface area contributed by atoms with Crippen molar-refractivity contribution in [2.75, 3.05) is 11.4 Å². The predicted molar refractivity (Wildman–Crippen MR) is 102 cm³/mol. The smallest absolute Gasteiger partial charge is 0.227 e. The molecule has 1 aliphatic heterocycles. The molecular weight excluding hydrogens is 338 g/mol. The highest BCUT2D eigenvalue weighted by atomic mass is 35.5. The van der Waals surface area contributed by atoms with Crippen LogP contribution in [0.5, 0.6) is 0 Å². The number of carbonyl (C=O) groups is 2. The molecule has 2 amide bonds. The Morgan fingerprint density at radius 2 is 2.12 bits per heavy atom. The average Bonchev–Trinajstić information content (AvgIpc) is 3.01. The van der Waals surface area contributed by atoms with Gasteiger partial charge in [0.2, 0.25) is 11.8 Å². The highest BCUT2D eigenvalue weighted by molar-refractivity contribution is 5.95. The molecule has 2 fully saturated rings. The summed E-state index contributed by atoms with van der Waals surface area (Å²) < 4.78 is 0. The van der Waals surface area contributed by atoms with E-state index in [1.54, 1.807) is 0 Å². The van der Waals surface area contributed by atoms with E-state index in [-0.39, 0.29) is 42.2 Å². The third-order valence-corrected chi connectivity index (χ3v) is 5.20. The van der Waals surface area contributed by atoms with Crippen LogP contribution in [0.3, 0.4) is 0 Å². The number of hydrogen-bond donors (Lipinski definition) is 2. The SMILES string of the molecule is CC(NC(=O)C1CCCC(N)C1)c1cccc(N2CCCC2=O)c1.Cl. The van der Waals surface area contributed by atoms with Crippen LogP contribution in [0.15, 0.2) is 24.3 Å². The van der Waals surface area contributed by atoms with Gasteiger partial charge in [0.15, 0.2) is 0 Å². The molecule has 0 bridgehead atoms. The van der Waals surface area contributed by atoms with Crippen LogP contribution in [0.25, 0.3) is 0 Å². The van der Waals surface area contributed by atoms with Crippen molar-refractivity contribution in [3.63, 3.8) is 0 Å². The van der Waals surface area contributed by atoms with E-state index < -0.39 is 0 Å². The van der Waals surface area contributed by atoms with Crippen LogP contribution in [0.2, 0.25) is 0 Å². The molecule has 138 valence electrons. The van der Waals surface area contributed by atoms with Gasteiger partial charge in [0.1, 0.15) is 0 Å². The molecule has 0 aromatic heterocycles. The van der Waals surface area contributed by atoms with Gasteiger partial charge in [0, 0.05) is 30.6 Å². The summed E-state index contributed by atoms with van der Waals surface area (Å²) in [5.41, 5.74) is 7.95. The Kier molecular flexibility index (Phi) is 6.85. The molecule has 0 radical (unpaired) electrons. The maximum absolute atomic E-state index is 12.5. The minimum Gasteiger partial charge on any atom is -0.349 e. The fraction of sp³-hybridized carbons (Fsp3) is 0.579. The van der Waals surface area contributed by atoms with Crippen LogP contribution >= 0.6 is 12.4 Å². The lowest BCUT2D eigenvalue weighted by Crippen LogP contribution is -2.38. The lowest BCUT2D eigenvalue weighted by Gasteiger charge is -2.27. The first-order valence-corrected chi connectivity index (χ1v) is 9.01. The van der Waals surface area contributed by atoms with Crippen molar-refractivity contribution in [1.29, 1.82) is 0 Å². The summed E-state index contributed by atoms with van der Waals surface area (Å²) in [6.07, 6.45) is 5.29. The Hall–Kier alpha value is -1.59. The second-order valence-corrected chi connectivity index (χ2v) is 7.10. The number of nitrogens with two attached hydrogens (primary N) is 1. The normalized spacial score (nSPS) is 24.6. The zero-order chi connectivity index (χ0) is 17.1. The first kappa shape index (κ1) is 19.7. The number of rotatable bonds is 4. The van der Waals surface area contributed by atoms with Crippen LogP contribution in [0, 0.1) is 5.92 Å². The minimum absolute atomic E-state index is 0. The molecule has 3 N–H and O–H groups in total. The lowest BCUT2D eigenvalue weighted by atomic mass is 9.85. The largest absolute Gasteiger partial charge is 0.349 e. The maximum atomic E-state index is 12.5. The van der Waals surface area contributed by atoms with E-state index in [0.717, 1.165) is 49.9 Å². The van der Waals surface area contributed by atoms with Gasteiger partial charge < -0.3 is 16.0 Å². The van der Waals surface area contributed by atoms with E-state index in [2.05, 4.69) is 5.32 Å². The summed E-state index contributed by atoms with van der Waals surface area (Å²) in [6, 6.07) is 8.00. The average molecular weight is 366 g/mol. The van der Waals surface area contributed by atoms with Gasteiger partial charge in [-0.25, -0.2) is 0 Å². The first-order valence-electron chi connectivity index (χ1n) is 9.01. The Morgan fingerprint density at radius 1 is 1.32 bits per heavy atom. The van der Waals surface area contributed by atoms with Gasteiger partial charge >= 0.3 is 0 Å². The molecule has 5 nitrogen and oxygen atoms in total. The van der Waals surface area contributed by atoms with Crippen LogP contribution in [0.1, 0.15) is 57.1 Å². The summed E-state index contributed by atoms with van der Waals surface area (Å²) in [5.74, 6) is 0.305. The summed E-state index contributed by atoms with van der Waals surface area (Å²) >= 11 is 0. The molecule has 1 heterocycles. The fourth-order valence-corrected chi connectivity index (χ4v) is 3.76. The second-order valence-electron chi connectivity index (χ2n) is 7.10. The van der Waals surface area contributed by atoms with Gasteiger partial charge in [-0.3, -0.25) is 9.59 Å². The number of anilines is 1. The third kappa shape index (κ3) is 4.73. The van der Waals surface area contributed by atoms with E-state index >= 15 is 0 Å². The van der Waals surface area contributed by atoms with Crippen molar-refractivity contribution in [2.45, 2.75) is 57.5 Å². The van der Waals surface area contributed by atoms with Crippen LogP contribution in [-0.2, 0) is 9.59 Å². The highest BCUT2D eigenvalue weighted by Gasteiger charge is 2.27. The molecule has 3 unspecified atom stereocenters. The van der Waals surface area contributed by atoms with E-state index in [9.17, 15) is 9.59 Å². The Morgan fingerprint density at radius 3 is 2.80 bits per heavy atom. The highest BCUT2D eigenvalue weighted by Crippen LogP contribution is 2.27. The number of nitrogens with one attached hydrogen (secondary N) is 1. The molecular formula is C19H28ClN3O2. The molecule has 2 aliphatic rings. The number of carbonyl (C=O) groups excluding carboxylic acids is 2. The molecule has 3 atom stereocenters. The topological polar surface area (TPSA) is 75.4 Å². The molecule has 25 heavy (non-hydrogen) atoms. The van der Waals surface area contributed by atoms with E-state index in [1.807, 2.05) is 36.1 Å². The van der Waals surface area contributed by atoms with E-state index in [1.165, 1.54) is 0 Å². The quantitative estimate of drug-likeness (QED) is 0.861. The standard InChI is InChI=1S/C19H27N3O2.ClH/c1-13(21-19(24)15-6-2-7-16(20)11-15)14-5-3-8-17(12-14)22-10-4-9-18(22)23;/h3,5,8,12-13,15-16H,2,4,6-7,9-11,20H2,1H3,(H,21,24);1H. The van der Waals surface area contributed by atoms with Gasteiger partial charge in [-0.2, -0.15) is 0 Å². The van der Waals surface area contributed by atoms with Crippen molar-refractivity contribution < 1.29 is 9.59 Å². The number of hydrogen-bond acceptors (Lipinski definition) is 3. The molecule has 0 spiro atoms. The summed E-state index contributed by atoms with van der Waals surface area (Å²) in [6.45, 7) is 2.77. The van der Waals surface area contributed by atoms with Crippen LogP contribution < -0.4 is 16.0 Å². The van der Waals surface area contributed by atoms with Gasteiger partial charge in [0.25, 0.3) is 0 Å². The third-order valence-electron chi connectivity index (χ3n) is 5.20. The zero-order valence-electron chi connectivity index (χ0n) is 14.7. The zero-order valence-corrected chi connectivity index (χ0v) is 15.6. The van der Waals surface area contributed by atoms with Gasteiger partial charge in [0.05, 0.1) is 6.04 Å². The molecule has 3 rings (SSSR count). The lowest BCUT2D eigenvalue weighted by molar-refractivity contribution is -0.126. The van der Waals surface area contributed by atoms with Crippen molar-refractivity contribution >= 4 is 29.9 Å². The number of nitrogens with zero attached hydrogens (tertiary/aromatic N) is 1. The van der Waals surface area contributed by atoms with Gasteiger partial charge in [-0.15, -0.1) is 12.4 Å². The van der Waals surface area contributed by atoms with E-state index in [0.29, 0.717) is 6.42 Å². The van der Waals surface area contributed by atoms with Crippen LogP contribution in [-0.4, -0.2) is 24.4 Å². The number of benzene rings is 1. The summed E-state index contributed by atoms with van der Waals surface area (Å²) in [5, 5.41) is 3.12. The fourth-order valence-electron chi connectivity index (χ4n) is 3.76. The molecule has 1 saturated heterocycles. The first-order chi connectivity index (χ1) is 11.5. The van der Waals surface area contributed by atoms with Crippen LogP contribution in [0.4, 0.5) is 5.69 Å². The Balaban J connectivity index is 0.00000225. The van der Waals surface area contributed by atoms with Crippen molar-refractivity contribution in [3.8, 4) is 0 Å². The minimum atomic E-state index is -0.0756. The second kappa shape index (κ2) is 8.68. The predicted octanol–water partition coefficient (Wildman–Crippen LogP) is 2.93. The molecule has 1 aromatic carbocycles. The van der Waals surface area contributed by atoms with Crippen molar-refractivity contribution in [1.82, 2.24) is 5.32 Å². The molecule has 6 heteroatoms.